The van der Waals surface area contributed by atoms with Gasteiger partial charge in [0.2, 0.25) is 10.0 Å². The van der Waals surface area contributed by atoms with E-state index >= 15 is 0 Å². The van der Waals surface area contributed by atoms with Crippen LogP contribution in [0.4, 0.5) is 0 Å². The van der Waals surface area contributed by atoms with Crippen LogP contribution < -0.4 is 14.2 Å². The van der Waals surface area contributed by atoms with Crippen molar-refractivity contribution in [3.63, 3.8) is 0 Å². The minimum Gasteiger partial charge on any atom is -0.492 e. The summed E-state index contributed by atoms with van der Waals surface area (Å²) in [4.78, 5) is 18.9. The lowest BCUT2D eigenvalue weighted by Gasteiger charge is -2.10. The summed E-state index contributed by atoms with van der Waals surface area (Å²) in [6, 6.07) is 18.4. The molecule has 2 aromatic heterocycles. The van der Waals surface area contributed by atoms with Gasteiger partial charge in [-0.25, -0.2) is 13.1 Å². The van der Waals surface area contributed by atoms with E-state index in [2.05, 4.69) is 26.8 Å². The molecule has 2 heterocycles. The molecule has 0 saturated heterocycles. The van der Waals surface area contributed by atoms with Crippen LogP contribution in [0, 0.1) is 22.7 Å². The zero-order valence-corrected chi connectivity index (χ0v) is 24.9. The zero-order chi connectivity index (χ0) is 31.2. The van der Waals surface area contributed by atoms with Gasteiger partial charge in [0.15, 0.2) is 6.29 Å². The van der Waals surface area contributed by atoms with Crippen molar-refractivity contribution < 1.29 is 22.7 Å². The van der Waals surface area contributed by atoms with Gasteiger partial charge in [-0.15, -0.1) is 0 Å². The zero-order valence-electron chi connectivity index (χ0n) is 24.1. The van der Waals surface area contributed by atoms with E-state index < -0.39 is 10.0 Å². The SMILES string of the molecule is CCOc1cc(-c2cncc(C=O)c2)ccc1C#N.CCOc1cc(-c2cncc(CNS(=O)(=O)CC)c2)ccc1C#N. The second-order valence-corrected chi connectivity index (χ2v) is 11.0. The number of rotatable bonds is 11. The van der Waals surface area contributed by atoms with E-state index in [-0.39, 0.29) is 12.3 Å². The number of carbonyl (C=O) groups excluding carboxylic acids is 1. The molecule has 0 fully saturated rings. The summed E-state index contributed by atoms with van der Waals surface area (Å²) in [5, 5.41) is 18.1. The van der Waals surface area contributed by atoms with E-state index in [9.17, 15) is 13.2 Å². The van der Waals surface area contributed by atoms with Crippen LogP contribution in [0.3, 0.4) is 0 Å². The number of aldehydes is 1. The molecule has 0 atom stereocenters. The second kappa shape index (κ2) is 15.8. The Labute approximate surface area is 251 Å². The number of carbonyl (C=O) groups is 1. The van der Waals surface area contributed by atoms with E-state index in [0.717, 1.165) is 34.1 Å². The number of aromatic nitrogens is 2. The van der Waals surface area contributed by atoms with Crippen LogP contribution in [0.1, 0.15) is 47.8 Å². The molecule has 2 aromatic carbocycles. The van der Waals surface area contributed by atoms with Crippen LogP contribution in [0.25, 0.3) is 22.3 Å². The first-order valence-corrected chi connectivity index (χ1v) is 15.1. The number of sulfonamides is 1. The lowest BCUT2D eigenvalue weighted by atomic mass is 10.0. The van der Waals surface area contributed by atoms with Crippen molar-refractivity contribution in [1.29, 1.82) is 10.5 Å². The number of nitrogens with one attached hydrogen (secondary N) is 1. The number of hydrogen-bond donors (Lipinski definition) is 1. The molecule has 0 radical (unpaired) electrons. The fraction of sp³-hybridized carbons (Fsp3) is 0.219. The van der Waals surface area contributed by atoms with E-state index in [4.69, 9.17) is 20.0 Å². The first-order chi connectivity index (χ1) is 20.8. The maximum atomic E-state index is 11.5. The number of pyridine rings is 2. The van der Waals surface area contributed by atoms with E-state index in [0.29, 0.717) is 41.4 Å². The molecule has 4 aromatic rings. The summed E-state index contributed by atoms with van der Waals surface area (Å²) >= 11 is 0. The molecular formula is C32H31N5O5S. The van der Waals surface area contributed by atoms with Crippen LogP contribution in [0.15, 0.2) is 73.3 Å². The van der Waals surface area contributed by atoms with Gasteiger partial charge >= 0.3 is 0 Å². The third-order valence-corrected chi connectivity index (χ3v) is 7.38. The number of benzene rings is 2. The Bertz CT molecular complexity index is 1760. The standard InChI is InChI=1S/C17H19N3O3S.C15H12N2O2/c1-3-23-17-8-14(5-6-15(17)9-18)16-7-13(10-19-12-16)11-20-24(21,22)4-2;1-2-19-15-6-12(3-4-13(15)7-16)14-5-11(10-18)8-17-9-14/h5-8,10,12,20H,3-4,11H2,1-2H3;3-6,8-10H,2H2,1H3. The average molecular weight is 598 g/mol. The highest BCUT2D eigenvalue weighted by atomic mass is 32.2. The Morgan fingerprint density at radius 3 is 1.79 bits per heavy atom. The van der Waals surface area contributed by atoms with Crippen LogP contribution >= 0.6 is 0 Å². The second-order valence-electron chi connectivity index (χ2n) is 8.94. The summed E-state index contributed by atoms with van der Waals surface area (Å²) in [6.45, 7) is 6.45. The third kappa shape index (κ3) is 9.20. The van der Waals surface area contributed by atoms with E-state index in [1.807, 2.05) is 32.0 Å². The molecule has 0 aliphatic heterocycles. The van der Waals surface area contributed by atoms with Gasteiger partial charge in [0.1, 0.15) is 23.6 Å². The van der Waals surface area contributed by atoms with Gasteiger partial charge in [0, 0.05) is 48.0 Å². The Balaban J connectivity index is 0.000000242. The molecule has 1 N–H and O–H groups in total. The van der Waals surface area contributed by atoms with E-state index in [1.165, 1.54) is 6.20 Å². The van der Waals surface area contributed by atoms with Crippen molar-refractivity contribution in [3.8, 4) is 45.9 Å². The van der Waals surface area contributed by atoms with Crippen LogP contribution in [0.2, 0.25) is 0 Å². The molecule has 43 heavy (non-hydrogen) atoms. The van der Waals surface area contributed by atoms with Crippen molar-refractivity contribution in [2.24, 2.45) is 0 Å². The molecule has 0 aliphatic rings. The van der Waals surface area contributed by atoms with Gasteiger partial charge in [-0.1, -0.05) is 12.1 Å². The molecule has 0 spiro atoms. The normalized spacial score (nSPS) is 10.4. The fourth-order valence-corrected chi connectivity index (χ4v) is 4.45. The number of hydrogen-bond acceptors (Lipinski definition) is 9. The van der Waals surface area contributed by atoms with Gasteiger partial charge in [-0.3, -0.25) is 14.8 Å². The number of nitriles is 2. The monoisotopic (exact) mass is 597 g/mol. The van der Waals surface area contributed by atoms with Crippen LogP contribution in [-0.4, -0.2) is 43.6 Å². The molecular weight excluding hydrogens is 566 g/mol. The highest BCUT2D eigenvalue weighted by molar-refractivity contribution is 7.89. The van der Waals surface area contributed by atoms with Crippen molar-refractivity contribution in [2.45, 2.75) is 27.3 Å². The van der Waals surface area contributed by atoms with Gasteiger partial charge in [-0.2, -0.15) is 10.5 Å². The van der Waals surface area contributed by atoms with Gasteiger partial charge in [0.25, 0.3) is 0 Å². The Morgan fingerprint density at radius 1 is 0.767 bits per heavy atom. The van der Waals surface area contributed by atoms with Crippen molar-refractivity contribution in [3.05, 3.63) is 95.6 Å². The summed E-state index contributed by atoms with van der Waals surface area (Å²) in [5.74, 6) is 1.10. The molecule has 0 bridgehead atoms. The molecule has 0 amide bonds. The van der Waals surface area contributed by atoms with Gasteiger partial charge in [-0.05, 0) is 73.9 Å². The number of ether oxygens (including phenoxy) is 2. The topological polar surface area (TPSA) is 155 Å². The number of nitrogens with zero attached hydrogens (tertiary/aromatic N) is 4. The Hall–Kier alpha value is -5.10. The summed E-state index contributed by atoms with van der Waals surface area (Å²) in [5.41, 5.74) is 5.59. The average Bonchev–Trinajstić information content (AvgIpc) is 3.04. The predicted molar refractivity (Wildman–Crippen MR) is 163 cm³/mol. The van der Waals surface area contributed by atoms with Crippen LogP contribution in [-0.2, 0) is 16.6 Å². The molecule has 11 heteroatoms. The first-order valence-electron chi connectivity index (χ1n) is 13.4. The lowest BCUT2D eigenvalue weighted by molar-refractivity contribution is 0.112. The Kier molecular flexibility index (Phi) is 11.9. The van der Waals surface area contributed by atoms with Crippen LogP contribution in [0.5, 0.6) is 11.5 Å². The quantitative estimate of drug-likeness (QED) is 0.227. The van der Waals surface area contributed by atoms with Crippen molar-refractivity contribution in [2.75, 3.05) is 19.0 Å². The smallest absolute Gasteiger partial charge is 0.211 e. The largest absolute Gasteiger partial charge is 0.492 e. The third-order valence-electron chi connectivity index (χ3n) is 6.04. The van der Waals surface area contributed by atoms with Gasteiger partial charge in [0.05, 0.1) is 30.1 Å². The Morgan fingerprint density at radius 2 is 1.30 bits per heavy atom. The molecule has 0 saturated carbocycles. The molecule has 0 aliphatic carbocycles. The summed E-state index contributed by atoms with van der Waals surface area (Å²) < 4.78 is 36.5. The molecule has 220 valence electrons. The highest BCUT2D eigenvalue weighted by Gasteiger charge is 2.10. The molecule has 10 nitrogen and oxygen atoms in total. The highest BCUT2D eigenvalue weighted by Crippen LogP contribution is 2.28. The first kappa shape index (κ1) is 32.4. The van der Waals surface area contributed by atoms with Crippen molar-refractivity contribution >= 4 is 16.3 Å². The maximum absolute atomic E-state index is 11.5. The maximum Gasteiger partial charge on any atom is 0.211 e. The molecule has 4 rings (SSSR count). The predicted octanol–water partition coefficient (Wildman–Crippen LogP) is 5.29. The minimum absolute atomic E-state index is 0.0352. The van der Waals surface area contributed by atoms with E-state index in [1.54, 1.807) is 55.8 Å². The molecule has 0 unspecified atom stereocenters. The van der Waals surface area contributed by atoms with Crippen molar-refractivity contribution in [1.82, 2.24) is 14.7 Å². The van der Waals surface area contributed by atoms with Gasteiger partial charge < -0.3 is 9.47 Å². The summed E-state index contributed by atoms with van der Waals surface area (Å²) in [7, 11) is -3.25. The lowest BCUT2D eigenvalue weighted by Crippen LogP contribution is -2.24. The fourth-order valence-electron chi connectivity index (χ4n) is 3.86. The minimum atomic E-state index is -3.25. The summed E-state index contributed by atoms with van der Waals surface area (Å²) in [6.07, 6.45) is 7.24.